The lowest BCUT2D eigenvalue weighted by Crippen LogP contribution is -2.15. The van der Waals surface area contributed by atoms with Crippen molar-refractivity contribution in [3.63, 3.8) is 0 Å². The number of anilines is 1. The van der Waals surface area contributed by atoms with E-state index in [4.69, 9.17) is 0 Å². The fourth-order valence-corrected chi connectivity index (χ4v) is 2.96. The summed E-state index contributed by atoms with van der Waals surface area (Å²) in [5, 5.41) is 3.56. The van der Waals surface area contributed by atoms with Crippen molar-refractivity contribution in [3.8, 4) is 11.3 Å². The van der Waals surface area contributed by atoms with Crippen molar-refractivity contribution in [1.29, 1.82) is 0 Å². The van der Waals surface area contributed by atoms with E-state index in [1.165, 1.54) is 24.8 Å². The van der Waals surface area contributed by atoms with Crippen LogP contribution in [-0.4, -0.2) is 25.8 Å². The van der Waals surface area contributed by atoms with Crippen LogP contribution in [0.4, 0.5) is 14.6 Å². The molecule has 0 aliphatic carbocycles. The SMILES string of the molecule is O=C(Cc1cccc2ccc(-c3ccnc(C(F)F)c3)nc12)Nc1ccncn1. The quantitative estimate of drug-likeness (QED) is 0.551. The Balaban J connectivity index is 1.66. The van der Waals surface area contributed by atoms with Crippen LogP contribution in [0.2, 0.25) is 0 Å². The Morgan fingerprint density at radius 2 is 1.93 bits per heavy atom. The normalized spacial score (nSPS) is 11.0. The second kappa shape index (κ2) is 8.05. The second-order valence-corrected chi connectivity index (χ2v) is 6.27. The Morgan fingerprint density at radius 3 is 2.72 bits per heavy atom. The van der Waals surface area contributed by atoms with E-state index in [1.807, 2.05) is 24.3 Å². The molecule has 1 aromatic carbocycles. The number of carbonyl (C=O) groups excluding carboxylic acids is 1. The standard InChI is InChI=1S/C21H15F2N5O/c22-21(23)17-10-14(6-9-25-17)16-5-4-13-2-1-3-15(20(13)27-16)11-19(29)28-18-7-8-24-12-26-18/h1-10,12,21H,11H2,(H,24,26,28,29). The van der Waals surface area contributed by atoms with Crippen LogP contribution in [0.15, 0.2) is 67.3 Å². The van der Waals surface area contributed by atoms with Crippen molar-refractivity contribution in [2.75, 3.05) is 5.32 Å². The van der Waals surface area contributed by atoms with Crippen LogP contribution in [0.25, 0.3) is 22.2 Å². The van der Waals surface area contributed by atoms with Gasteiger partial charge in [0.15, 0.2) is 0 Å². The molecule has 0 saturated heterocycles. The van der Waals surface area contributed by atoms with E-state index in [2.05, 4.69) is 25.3 Å². The molecule has 0 unspecified atom stereocenters. The summed E-state index contributed by atoms with van der Waals surface area (Å²) in [4.78, 5) is 28.5. The molecule has 0 atom stereocenters. The molecule has 0 fully saturated rings. The largest absolute Gasteiger partial charge is 0.310 e. The van der Waals surface area contributed by atoms with Crippen molar-refractivity contribution in [2.45, 2.75) is 12.8 Å². The number of benzene rings is 1. The lowest BCUT2D eigenvalue weighted by molar-refractivity contribution is -0.115. The zero-order chi connectivity index (χ0) is 20.2. The first kappa shape index (κ1) is 18.5. The number of carbonyl (C=O) groups is 1. The number of amides is 1. The van der Waals surface area contributed by atoms with E-state index < -0.39 is 6.43 Å². The summed E-state index contributed by atoms with van der Waals surface area (Å²) >= 11 is 0. The highest BCUT2D eigenvalue weighted by molar-refractivity contribution is 5.95. The van der Waals surface area contributed by atoms with E-state index in [0.717, 1.165) is 10.9 Å². The lowest BCUT2D eigenvalue weighted by atomic mass is 10.0. The lowest BCUT2D eigenvalue weighted by Gasteiger charge is -2.09. The van der Waals surface area contributed by atoms with Gasteiger partial charge in [-0.1, -0.05) is 24.3 Å². The molecule has 0 radical (unpaired) electrons. The van der Waals surface area contributed by atoms with Crippen molar-refractivity contribution < 1.29 is 13.6 Å². The number of fused-ring (bicyclic) bond motifs is 1. The van der Waals surface area contributed by atoms with Gasteiger partial charge in [0.1, 0.15) is 17.8 Å². The Morgan fingerprint density at radius 1 is 1.03 bits per heavy atom. The molecule has 3 aromatic heterocycles. The maximum Gasteiger partial charge on any atom is 0.280 e. The third-order valence-corrected chi connectivity index (χ3v) is 4.30. The molecule has 1 N–H and O–H groups in total. The first-order chi connectivity index (χ1) is 14.1. The number of para-hydroxylation sites is 1. The molecule has 4 aromatic rings. The van der Waals surface area contributed by atoms with E-state index in [9.17, 15) is 13.6 Å². The molecule has 3 heterocycles. The molecule has 144 valence electrons. The van der Waals surface area contributed by atoms with E-state index in [-0.39, 0.29) is 18.0 Å². The number of hydrogen-bond acceptors (Lipinski definition) is 5. The van der Waals surface area contributed by atoms with Crippen molar-refractivity contribution in [3.05, 3.63) is 78.5 Å². The summed E-state index contributed by atoms with van der Waals surface area (Å²) in [6, 6.07) is 13.7. The molecule has 0 aliphatic rings. The maximum absolute atomic E-state index is 13.0. The second-order valence-electron chi connectivity index (χ2n) is 6.27. The molecule has 4 rings (SSSR count). The van der Waals surface area contributed by atoms with Crippen LogP contribution in [0, 0.1) is 0 Å². The highest BCUT2D eigenvalue weighted by atomic mass is 19.3. The minimum atomic E-state index is -2.66. The number of nitrogens with one attached hydrogen (secondary N) is 1. The van der Waals surface area contributed by atoms with Gasteiger partial charge in [-0.2, -0.15) is 0 Å². The summed E-state index contributed by atoms with van der Waals surface area (Å²) < 4.78 is 25.9. The van der Waals surface area contributed by atoms with Crippen LogP contribution in [-0.2, 0) is 11.2 Å². The van der Waals surface area contributed by atoms with Crippen LogP contribution in [0.1, 0.15) is 17.7 Å². The monoisotopic (exact) mass is 391 g/mol. The number of hydrogen-bond donors (Lipinski definition) is 1. The van der Waals surface area contributed by atoms with Gasteiger partial charge < -0.3 is 5.32 Å². The minimum absolute atomic E-state index is 0.0937. The summed E-state index contributed by atoms with van der Waals surface area (Å²) in [6.07, 6.45) is 1.66. The van der Waals surface area contributed by atoms with Gasteiger partial charge in [0, 0.05) is 23.3 Å². The molecule has 1 amide bonds. The van der Waals surface area contributed by atoms with Crippen molar-refractivity contribution in [1.82, 2.24) is 19.9 Å². The predicted molar refractivity (Wildman–Crippen MR) is 104 cm³/mol. The first-order valence-electron chi connectivity index (χ1n) is 8.79. The number of nitrogens with zero attached hydrogens (tertiary/aromatic N) is 4. The molecule has 0 spiro atoms. The van der Waals surface area contributed by atoms with Gasteiger partial charge in [-0.15, -0.1) is 0 Å². The van der Waals surface area contributed by atoms with Crippen molar-refractivity contribution >= 4 is 22.6 Å². The van der Waals surface area contributed by atoms with Crippen LogP contribution in [0.5, 0.6) is 0 Å². The fraction of sp³-hybridized carbons (Fsp3) is 0.0952. The Bertz CT molecular complexity index is 1170. The van der Waals surface area contributed by atoms with Gasteiger partial charge in [-0.3, -0.25) is 9.78 Å². The molecule has 0 aliphatic heterocycles. The van der Waals surface area contributed by atoms with Gasteiger partial charge in [0.25, 0.3) is 6.43 Å². The van der Waals surface area contributed by atoms with Crippen LogP contribution >= 0.6 is 0 Å². The molecular weight excluding hydrogens is 376 g/mol. The third kappa shape index (κ3) is 4.21. The highest BCUT2D eigenvalue weighted by Gasteiger charge is 2.13. The molecule has 0 bridgehead atoms. The predicted octanol–water partition coefficient (Wildman–Crippen LogP) is 4.21. The zero-order valence-electron chi connectivity index (χ0n) is 15.1. The molecule has 0 saturated carbocycles. The average molecular weight is 391 g/mol. The number of alkyl halides is 2. The van der Waals surface area contributed by atoms with Crippen LogP contribution in [0.3, 0.4) is 0 Å². The summed E-state index contributed by atoms with van der Waals surface area (Å²) in [7, 11) is 0. The van der Waals surface area contributed by atoms with Gasteiger partial charge in [-0.25, -0.2) is 23.7 Å². The Hall–Kier alpha value is -3.81. The van der Waals surface area contributed by atoms with Crippen LogP contribution < -0.4 is 5.32 Å². The van der Waals surface area contributed by atoms with E-state index in [1.54, 1.807) is 18.2 Å². The topological polar surface area (TPSA) is 80.7 Å². The van der Waals surface area contributed by atoms with Gasteiger partial charge in [0.05, 0.1) is 17.6 Å². The number of aromatic nitrogens is 4. The molecule has 8 heteroatoms. The molecular formula is C21H15F2N5O. The van der Waals surface area contributed by atoms with E-state index >= 15 is 0 Å². The summed E-state index contributed by atoms with van der Waals surface area (Å²) in [5.41, 5.74) is 2.13. The number of halogens is 2. The van der Waals surface area contributed by atoms with E-state index in [0.29, 0.717) is 22.6 Å². The van der Waals surface area contributed by atoms with Crippen molar-refractivity contribution in [2.24, 2.45) is 0 Å². The smallest absolute Gasteiger partial charge is 0.280 e. The number of rotatable bonds is 5. The minimum Gasteiger partial charge on any atom is -0.310 e. The maximum atomic E-state index is 13.0. The molecule has 29 heavy (non-hydrogen) atoms. The molecule has 6 nitrogen and oxygen atoms in total. The third-order valence-electron chi connectivity index (χ3n) is 4.30. The van der Waals surface area contributed by atoms with Gasteiger partial charge in [-0.05, 0) is 29.8 Å². The average Bonchev–Trinajstić information content (AvgIpc) is 2.74. The summed E-state index contributed by atoms with van der Waals surface area (Å²) in [5.74, 6) is 0.169. The Labute approximate surface area is 164 Å². The van der Waals surface area contributed by atoms with Gasteiger partial charge in [0.2, 0.25) is 5.91 Å². The zero-order valence-corrected chi connectivity index (χ0v) is 15.1. The summed E-state index contributed by atoms with van der Waals surface area (Å²) in [6.45, 7) is 0. The first-order valence-corrected chi connectivity index (χ1v) is 8.79. The van der Waals surface area contributed by atoms with Gasteiger partial charge >= 0.3 is 0 Å². The Kier molecular flexibility index (Phi) is 5.15. The fourth-order valence-electron chi connectivity index (χ4n) is 2.96. The highest BCUT2D eigenvalue weighted by Crippen LogP contribution is 2.26. The number of pyridine rings is 2.